The first-order chi connectivity index (χ1) is 9.36. The maximum absolute atomic E-state index is 5.53. The molecule has 0 aromatic rings. The molecule has 0 bridgehead atoms. The molecule has 12 heteroatoms. The van der Waals surface area contributed by atoms with Crippen LogP contribution in [-0.4, -0.2) is 60.0 Å². The van der Waals surface area contributed by atoms with Crippen LogP contribution in [0.3, 0.4) is 0 Å². The third-order valence-corrected chi connectivity index (χ3v) is 2.21. The number of nitrogens with two attached hydrogens (primary N) is 6. The molecular formula is C8H20N12. The highest BCUT2D eigenvalue weighted by molar-refractivity contribution is 5.92. The minimum atomic E-state index is -0.139. The zero-order chi connectivity index (χ0) is 15.1. The molecule has 20 heavy (non-hydrogen) atoms. The van der Waals surface area contributed by atoms with Gasteiger partial charge in [-0.3, -0.25) is 10.0 Å². The van der Waals surface area contributed by atoms with E-state index in [-0.39, 0.29) is 23.8 Å². The summed E-state index contributed by atoms with van der Waals surface area (Å²) in [6.45, 7) is 2.33. The van der Waals surface area contributed by atoms with E-state index in [4.69, 9.17) is 34.4 Å². The summed E-state index contributed by atoms with van der Waals surface area (Å²) in [4.78, 5) is 7.25. The van der Waals surface area contributed by atoms with Gasteiger partial charge in [-0.1, -0.05) is 0 Å². The van der Waals surface area contributed by atoms with Crippen LogP contribution in [-0.2, 0) is 0 Å². The van der Waals surface area contributed by atoms with Crippen molar-refractivity contribution in [3.05, 3.63) is 0 Å². The zero-order valence-electron chi connectivity index (χ0n) is 11.0. The molecule has 12 nitrogen and oxygen atoms in total. The standard InChI is InChI=1S/C8H20N12/c9-5(10)15-7(13)17-19-1-2-20(4-3-19)18-8(14)16-6(11)12/h1-4H2,(H6,9,10,13,15,17)(H6,11,12,14,16,18). The van der Waals surface area contributed by atoms with E-state index < -0.39 is 0 Å². The molecule has 0 spiro atoms. The van der Waals surface area contributed by atoms with Crippen molar-refractivity contribution in [1.29, 1.82) is 0 Å². The molecule has 0 aromatic heterocycles. The SMILES string of the molecule is NC(N)=NC(N)=NN1CCN(N=C(N)N=C(N)N)CC1. The number of hydrazone groups is 2. The Morgan fingerprint density at radius 2 is 0.900 bits per heavy atom. The Hall–Kier alpha value is -2.92. The molecule has 0 aromatic carbocycles. The van der Waals surface area contributed by atoms with E-state index in [1.165, 1.54) is 0 Å². The van der Waals surface area contributed by atoms with Crippen molar-refractivity contribution in [3.63, 3.8) is 0 Å². The number of rotatable bonds is 2. The second-order valence-corrected chi connectivity index (χ2v) is 3.90. The van der Waals surface area contributed by atoms with Crippen LogP contribution in [0, 0.1) is 0 Å². The smallest absolute Gasteiger partial charge is 0.240 e. The lowest BCUT2D eigenvalue weighted by molar-refractivity contribution is 0.139. The Kier molecular flexibility index (Phi) is 5.20. The molecule has 112 valence electrons. The molecular weight excluding hydrogens is 264 g/mol. The molecule has 0 atom stereocenters. The number of nitrogens with zero attached hydrogens (tertiary/aromatic N) is 6. The fourth-order valence-electron chi connectivity index (χ4n) is 1.48. The lowest BCUT2D eigenvalue weighted by Crippen LogP contribution is -2.43. The van der Waals surface area contributed by atoms with Crippen molar-refractivity contribution in [2.75, 3.05) is 26.2 Å². The quantitative estimate of drug-likeness (QED) is 0.214. The summed E-state index contributed by atoms with van der Waals surface area (Å²) in [5.74, 6) is -0.275. The molecule has 0 radical (unpaired) electrons. The summed E-state index contributed by atoms with van der Waals surface area (Å²) in [5, 5.41) is 11.5. The first-order valence-corrected chi connectivity index (χ1v) is 5.74. The molecule has 1 aliphatic heterocycles. The summed E-state index contributed by atoms with van der Waals surface area (Å²) < 4.78 is 0. The van der Waals surface area contributed by atoms with Gasteiger partial charge in [0.2, 0.25) is 11.9 Å². The number of hydrogen-bond donors (Lipinski definition) is 6. The monoisotopic (exact) mass is 284 g/mol. The van der Waals surface area contributed by atoms with Gasteiger partial charge in [-0.25, -0.2) is 0 Å². The predicted molar refractivity (Wildman–Crippen MR) is 78.0 cm³/mol. The second kappa shape index (κ2) is 6.86. The molecule has 1 aliphatic rings. The highest BCUT2D eigenvalue weighted by Gasteiger charge is 2.14. The van der Waals surface area contributed by atoms with E-state index in [1.807, 2.05) is 0 Å². The maximum Gasteiger partial charge on any atom is 0.240 e. The molecule has 1 heterocycles. The summed E-state index contributed by atoms with van der Waals surface area (Å²) >= 11 is 0. The topological polar surface area (TPSA) is 212 Å². The normalized spacial score (nSPS) is 16.8. The van der Waals surface area contributed by atoms with E-state index in [9.17, 15) is 0 Å². The van der Waals surface area contributed by atoms with E-state index in [0.717, 1.165) is 0 Å². The van der Waals surface area contributed by atoms with Gasteiger partial charge in [-0.15, -0.1) is 10.2 Å². The molecule has 12 N–H and O–H groups in total. The van der Waals surface area contributed by atoms with Gasteiger partial charge in [-0.05, 0) is 0 Å². The lowest BCUT2D eigenvalue weighted by atomic mass is 10.4. The van der Waals surface area contributed by atoms with Gasteiger partial charge in [0.15, 0.2) is 11.9 Å². The van der Waals surface area contributed by atoms with Crippen LogP contribution < -0.4 is 34.4 Å². The molecule has 1 rings (SSSR count). The number of guanidine groups is 4. The Balaban J connectivity index is 2.52. The summed E-state index contributed by atoms with van der Waals surface area (Å²) in [6.07, 6.45) is 0. The van der Waals surface area contributed by atoms with Gasteiger partial charge in [0.05, 0.1) is 26.2 Å². The van der Waals surface area contributed by atoms with Crippen molar-refractivity contribution in [1.82, 2.24) is 10.0 Å². The highest BCUT2D eigenvalue weighted by atomic mass is 15.6. The molecule has 0 unspecified atom stereocenters. The fourth-order valence-corrected chi connectivity index (χ4v) is 1.48. The van der Waals surface area contributed by atoms with E-state index in [0.29, 0.717) is 26.2 Å². The fraction of sp³-hybridized carbons (Fsp3) is 0.500. The van der Waals surface area contributed by atoms with Crippen molar-refractivity contribution in [2.45, 2.75) is 0 Å². The van der Waals surface area contributed by atoms with Gasteiger partial charge < -0.3 is 34.4 Å². The van der Waals surface area contributed by atoms with Crippen LogP contribution in [0.5, 0.6) is 0 Å². The summed E-state index contributed by atoms with van der Waals surface area (Å²) in [5.41, 5.74) is 31.8. The van der Waals surface area contributed by atoms with Gasteiger partial charge in [0.25, 0.3) is 0 Å². The number of piperazine rings is 1. The number of hydrogen-bond acceptors (Lipinski definition) is 4. The highest BCUT2D eigenvalue weighted by Crippen LogP contribution is 2.02. The van der Waals surface area contributed by atoms with Crippen molar-refractivity contribution in [2.24, 2.45) is 54.6 Å². The molecule has 1 saturated heterocycles. The summed E-state index contributed by atoms with van der Waals surface area (Å²) in [6, 6.07) is 0. The molecule has 0 aliphatic carbocycles. The Morgan fingerprint density at radius 1 is 0.600 bits per heavy atom. The second-order valence-electron chi connectivity index (χ2n) is 3.90. The largest absolute Gasteiger partial charge is 0.370 e. The predicted octanol–water partition coefficient (Wildman–Crippen LogP) is -4.39. The average molecular weight is 284 g/mol. The van der Waals surface area contributed by atoms with E-state index in [2.05, 4.69) is 20.2 Å². The van der Waals surface area contributed by atoms with Crippen LogP contribution in [0.1, 0.15) is 0 Å². The Morgan fingerprint density at radius 3 is 1.15 bits per heavy atom. The number of aliphatic imine (C=N–C) groups is 2. The first kappa shape index (κ1) is 15.1. The average Bonchev–Trinajstić information content (AvgIpc) is 2.29. The third-order valence-electron chi connectivity index (χ3n) is 2.21. The van der Waals surface area contributed by atoms with Crippen LogP contribution in [0.15, 0.2) is 20.2 Å². The van der Waals surface area contributed by atoms with E-state index in [1.54, 1.807) is 10.0 Å². The molecule has 0 saturated carbocycles. The van der Waals surface area contributed by atoms with E-state index >= 15 is 0 Å². The minimum Gasteiger partial charge on any atom is -0.370 e. The van der Waals surface area contributed by atoms with Gasteiger partial charge in [0, 0.05) is 0 Å². The zero-order valence-corrected chi connectivity index (χ0v) is 11.0. The minimum absolute atomic E-state index is 0.00182. The van der Waals surface area contributed by atoms with Crippen LogP contribution in [0.4, 0.5) is 0 Å². The Labute approximate surface area is 115 Å². The van der Waals surface area contributed by atoms with Gasteiger partial charge >= 0.3 is 0 Å². The van der Waals surface area contributed by atoms with Crippen molar-refractivity contribution >= 4 is 23.8 Å². The molecule has 0 amide bonds. The van der Waals surface area contributed by atoms with Crippen LogP contribution in [0.2, 0.25) is 0 Å². The van der Waals surface area contributed by atoms with Gasteiger partial charge in [0.1, 0.15) is 0 Å². The van der Waals surface area contributed by atoms with Crippen molar-refractivity contribution < 1.29 is 0 Å². The maximum atomic E-state index is 5.53. The Bertz CT molecular complexity index is 390. The van der Waals surface area contributed by atoms with Gasteiger partial charge in [-0.2, -0.15) is 9.98 Å². The van der Waals surface area contributed by atoms with Crippen molar-refractivity contribution in [3.8, 4) is 0 Å². The van der Waals surface area contributed by atoms with Crippen LogP contribution >= 0.6 is 0 Å². The lowest BCUT2D eigenvalue weighted by Gasteiger charge is -2.30. The molecule has 1 fully saturated rings. The third kappa shape index (κ3) is 5.61. The van der Waals surface area contributed by atoms with Crippen LogP contribution in [0.25, 0.3) is 0 Å². The first-order valence-electron chi connectivity index (χ1n) is 5.74. The summed E-state index contributed by atoms with van der Waals surface area (Å²) in [7, 11) is 0.